The maximum Gasteiger partial charge on any atom is 0.241 e. The summed E-state index contributed by atoms with van der Waals surface area (Å²) in [6, 6.07) is 15.9. The molecule has 1 heterocycles. The molecule has 1 saturated heterocycles. The lowest BCUT2D eigenvalue weighted by atomic mass is 10.2. The van der Waals surface area contributed by atoms with Gasteiger partial charge in [0.15, 0.2) is 9.84 Å². The van der Waals surface area contributed by atoms with Crippen molar-refractivity contribution in [1.29, 1.82) is 0 Å². The van der Waals surface area contributed by atoms with Crippen molar-refractivity contribution in [1.82, 2.24) is 9.62 Å². The van der Waals surface area contributed by atoms with Gasteiger partial charge in [0.25, 0.3) is 0 Å². The normalized spacial score (nSPS) is 17.2. The topological polar surface area (TPSA) is 86.8 Å². The van der Waals surface area contributed by atoms with Gasteiger partial charge in [0.1, 0.15) is 4.90 Å². The van der Waals surface area contributed by atoms with Crippen molar-refractivity contribution in [2.45, 2.75) is 22.8 Å². The van der Waals surface area contributed by atoms with Crippen molar-refractivity contribution < 1.29 is 16.8 Å². The molecular weight excluding hydrogens is 410 g/mol. The Hall–Kier alpha value is -1.94. The summed E-state index contributed by atoms with van der Waals surface area (Å²) in [6.07, 6.45) is 1.01. The second-order valence-corrected chi connectivity index (χ2v) is 11.0. The minimum atomic E-state index is -3.93. The molecule has 0 radical (unpaired) electrons. The lowest BCUT2D eigenvalue weighted by Gasteiger charge is -2.39. The number of rotatable bonds is 7. The highest BCUT2D eigenvalue weighted by atomic mass is 32.2. The highest BCUT2D eigenvalue weighted by Gasteiger charge is 2.26. The zero-order valence-corrected chi connectivity index (χ0v) is 18.3. The summed E-state index contributed by atoms with van der Waals surface area (Å²) in [5.74, 6) is 0. The van der Waals surface area contributed by atoms with Crippen LogP contribution in [-0.2, 0) is 19.9 Å². The maximum absolute atomic E-state index is 12.7. The van der Waals surface area contributed by atoms with Crippen molar-refractivity contribution in [3.05, 3.63) is 54.6 Å². The van der Waals surface area contributed by atoms with Gasteiger partial charge in [-0.25, -0.2) is 21.6 Å². The fraction of sp³-hybridized carbons (Fsp3) is 0.400. The Labute approximate surface area is 173 Å². The molecule has 29 heavy (non-hydrogen) atoms. The lowest BCUT2D eigenvalue weighted by Crippen LogP contribution is -2.52. The van der Waals surface area contributed by atoms with Crippen LogP contribution in [0.1, 0.15) is 6.92 Å². The van der Waals surface area contributed by atoms with E-state index in [1.165, 1.54) is 30.0 Å². The van der Waals surface area contributed by atoms with Gasteiger partial charge in [-0.1, -0.05) is 30.3 Å². The van der Waals surface area contributed by atoms with Crippen LogP contribution in [0.4, 0.5) is 5.69 Å². The van der Waals surface area contributed by atoms with Gasteiger partial charge in [-0.05, 0) is 31.2 Å². The van der Waals surface area contributed by atoms with Crippen molar-refractivity contribution in [3.63, 3.8) is 0 Å². The third-order valence-electron chi connectivity index (χ3n) is 5.17. The molecule has 1 unspecified atom stereocenters. The number of para-hydroxylation sites is 1. The minimum Gasteiger partial charge on any atom is -0.369 e. The Kier molecular flexibility index (Phi) is 6.62. The zero-order chi connectivity index (χ0) is 21.1. The van der Waals surface area contributed by atoms with Crippen LogP contribution in [0.25, 0.3) is 0 Å². The van der Waals surface area contributed by atoms with Crippen LogP contribution >= 0.6 is 0 Å². The predicted octanol–water partition coefficient (Wildman–Crippen LogP) is 1.58. The van der Waals surface area contributed by atoms with E-state index >= 15 is 0 Å². The van der Waals surface area contributed by atoms with Gasteiger partial charge in [0, 0.05) is 50.7 Å². The Morgan fingerprint density at radius 1 is 0.862 bits per heavy atom. The predicted molar refractivity (Wildman–Crippen MR) is 114 cm³/mol. The van der Waals surface area contributed by atoms with Crippen LogP contribution in [0, 0.1) is 0 Å². The quantitative estimate of drug-likeness (QED) is 0.708. The Morgan fingerprint density at radius 3 is 2.00 bits per heavy atom. The van der Waals surface area contributed by atoms with E-state index in [2.05, 4.69) is 26.7 Å². The van der Waals surface area contributed by atoms with Gasteiger partial charge in [-0.3, -0.25) is 4.90 Å². The molecule has 2 aromatic carbocycles. The van der Waals surface area contributed by atoms with E-state index in [1.54, 1.807) is 0 Å². The van der Waals surface area contributed by atoms with Crippen molar-refractivity contribution in [3.8, 4) is 0 Å². The molecule has 0 aliphatic carbocycles. The van der Waals surface area contributed by atoms with E-state index in [0.29, 0.717) is 0 Å². The van der Waals surface area contributed by atoms with Crippen molar-refractivity contribution >= 4 is 25.5 Å². The fourth-order valence-electron chi connectivity index (χ4n) is 3.48. The molecule has 9 heteroatoms. The molecule has 1 aliphatic heterocycles. The van der Waals surface area contributed by atoms with E-state index in [0.717, 1.165) is 32.4 Å². The molecular formula is C20H27N3O4S2. The number of nitrogens with one attached hydrogen (secondary N) is 1. The van der Waals surface area contributed by atoms with Gasteiger partial charge in [0.2, 0.25) is 10.0 Å². The molecule has 0 bridgehead atoms. The van der Waals surface area contributed by atoms with E-state index < -0.39 is 19.9 Å². The summed E-state index contributed by atoms with van der Waals surface area (Å²) in [5.41, 5.74) is 1.19. The summed E-state index contributed by atoms with van der Waals surface area (Å²) in [6.45, 7) is 5.60. The van der Waals surface area contributed by atoms with Crippen LogP contribution in [0.3, 0.4) is 0 Å². The molecule has 2 aromatic rings. The smallest absolute Gasteiger partial charge is 0.241 e. The third-order valence-corrected chi connectivity index (χ3v) is 7.93. The van der Waals surface area contributed by atoms with E-state index in [9.17, 15) is 16.8 Å². The molecule has 1 fully saturated rings. The largest absolute Gasteiger partial charge is 0.369 e. The lowest BCUT2D eigenvalue weighted by molar-refractivity contribution is 0.198. The Balaban J connectivity index is 1.61. The summed E-state index contributed by atoms with van der Waals surface area (Å²) in [4.78, 5) is 4.17. The van der Waals surface area contributed by atoms with Gasteiger partial charge >= 0.3 is 0 Å². The molecule has 1 atom stereocenters. The Morgan fingerprint density at radius 2 is 1.41 bits per heavy atom. The van der Waals surface area contributed by atoms with Gasteiger partial charge < -0.3 is 4.90 Å². The second-order valence-electron chi connectivity index (χ2n) is 7.28. The van der Waals surface area contributed by atoms with Crippen LogP contribution in [0.5, 0.6) is 0 Å². The summed E-state index contributed by atoms with van der Waals surface area (Å²) >= 11 is 0. The number of sulfonamides is 1. The van der Waals surface area contributed by atoms with E-state index in [-0.39, 0.29) is 22.4 Å². The molecule has 3 rings (SSSR count). The number of nitrogens with zero attached hydrogens (tertiary/aromatic N) is 2. The maximum atomic E-state index is 12.7. The molecule has 1 N–H and O–H groups in total. The van der Waals surface area contributed by atoms with Gasteiger partial charge in [-0.2, -0.15) is 0 Å². The number of benzene rings is 2. The van der Waals surface area contributed by atoms with Crippen molar-refractivity contribution in [2.24, 2.45) is 0 Å². The molecule has 0 aromatic heterocycles. The van der Waals surface area contributed by atoms with Gasteiger partial charge in [0.05, 0.1) is 4.90 Å². The number of sulfone groups is 1. The van der Waals surface area contributed by atoms with Crippen LogP contribution in [0.15, 0.2) is 64.4 Å². The summed E-state index contributed by atoms with van der Waals surface area (Å²) in [5, 5.41) is 0. The molecule has 158 valence electrons. The van der Waals surface area contributed by atoms with Crippen molar-refractivity contribution in [2.75, 3.05) is 43.9 Å². The van der Waals surface area contributed by atoms with Crippen LogP contribution in [-0.4, -0.2) is 66.8 Å². The standard InChI is InChI=1S/C20H27N3O4S2/c1-17(22-12-14-23(15-13-22)18-8-4-3-5-9-18)16-21-29(26,27)20-11-7-6-10-19(20)28(2,24)25/h3-11,17,21H,12-16H2,1-2H3. The van der Waals surface area contributed by atoms with Gasteiger partial charge in [-0.15, -0.1) is 0 Å². The average molecular weight is 438 g/mol. The number of hydrogen-bond donors (Lipinski definition) is 1. The minimum absolute atomic E-state index is 0.00639. The SMILES string of the molecule is CC(CNS(=O)(=O)c1ccccc1S(C)(=O)=O)N1CCN(c2ccccc2)CC1. The first-order valence-corrected chi connectivity index (χ1v) is 12.9. The molecule has 0 amide bonds. The highest BCUT2D eigenvalue weighted by Crippen LogP contribution is 2.21. The molecule has 0 saturated carbocycles. The summed E-state index contributed by atoms with van der Waals surface area (Å²) in [7, 11) is -7.57. The number of hydrogen-bond acceptors (Lipinski definition) is 6. The third kappa shape index (κ3) is 5.36. The first kappa shape index (κ1) is 21.8. The zero-order valence-electron chi connectivity index (χ0n) is 16.7. The van der Waals surface area contributed by atoms with Crippen LogP contribution in [0.2, 0.25) is 0 Å². The monoisotopic (exact) mass is 437 g/mol. The first-order chi connectivity index (χ1) is 13.7. The van der Waals surface area contributed by atoms with E-state index in [1.807, 2.05) is 25.1 Å². The summed E-state index contributed by atoms with van der Waals surface area (Å²) < 4.78 is 51.9. The first-order valence-electron chi connectivity index (χ1n) is 9.51. The average Bonchev–Trinajstić information content (AvgIpc) is 2.72. The second kappa shape index (κ2) is 8.83. The number of anilines is 1. The highest BCUT2D eigenvalue weighted by molar-refractivity contribution is 7.93. The molecule has 7 nitrogen and oxygen atoms in total. The fourth-order valence-corrected chi connectivity index (χ4v) is 6.22. The molecule has 0 spiro atoms. The van der Waals surface area contributed by atoms with E-state index in [4.69, 9.17) is 0 Å². The Bertz CT molecular complexity index is 1030. The number of piperazine rings is 1. The van der Waals surface area contributed by atoms with Crippen LogP contribution < -0.4 is 9.62 Å². The molecule has 1 aliphatic rings.